The van der Waals surface area contributed by atoms with Crippen molar-refractivity contribution < 1.29 is 5.11 Å². The summed E-state index contributed by atoms with van der Waals surface area (Å²) in [7, 11) is 0. The third-order valence-corrected chi connectivity index (χ3v) is 5.72. The fourth-order valence-corrected chi connectivity index (χ4v) is 4.16. The molecule has 2 nitrogen and oxygen atoms in total. The van der Waals surface area contributed by atoms with Crippen LogP contribution in [0, 0.1) is 25.7 Å². The summed E-state index contributed by atoms with van der Waals surface area (Å²) in [6.45, 7) is 7.42. The fourth-order valence-electron chi connectivity index (χ4n) is 4.16. The Morgan fingerprint density at radius 1 is 1.10 bits per heavy atom. The summed E-state index contributed by atoms with van der Waals surface area (Å²) in [5, 5.41) is 10.5. The lowest BCUT2D eigenvalue weighted by Crippen LogP contribution is -2.43. The molecule has 21 heavy (non-hydrogen) atoms. The van der Waals surface area contributed by atoms with Crippen molar-refractivity contribution in [2.75, 3.05) is 19.6 Å². The van der Waals surface area contributed by atoms with E-state index in [9.17, 15) is 5.11 Å². The monoisotopic (exact) mass is 287 g/mol. The zero-order chi connectivity index (χ0) is 14.8. The Hall–Kier alpha value is -0.860. The Kier molecular flexibility index (Phi) is 4.66. The normalized spacial score (nSPS) is 28.1. The van der Waals surface area contributed by atoms with Gasteiger partial charge in [-0.15, -0.1) is 0 Å². The number of β-amino-alcohol motifs (C(OH)–C–C–N with tert-alkyl or cyclic N) is 1. The minimum atomic E-state index is -0.343. The van der Waals surface area contributed by atoms with E-state index in [0.717, 1.165) is 23.9 Å². The van der Waals surface area contributed by atoms with Gasteiger partial charge in [-0.2, -0.15) is 0 Å². The first-order valence-corrected chi connectivity index (χ1v) is 8.61. The zero-order valence-corrected chi connectivity index (χ0v) is 13.5. The van der Waals surface area contributed by atoms with Crippen molar-refractivity contribution in [1.82, 2.24) is 4.90 Å². The molecule has 1 N–H and O–H groups in total. The maximum atomic E-state index is 10.5. The molecule has 1 saturated carbocycles. The number of aliphatic hydroxyl groups is 1. The van der Waals surface area contributed by atoms with E-state index in [1.165, 1.54) is 56.3 Å². The van der Waals surface area contributed by atoms with Crippen LogP contribution in [0.25, 0.3) is 0 Å². The molecule has 1 aliphatic carbocycles. The van der Waals surface area contributed by atoms with Crippen LogP contribution >= 0.6 is 0 Å². The van der Waals surface area contributed by atoms with Crippen LogP contribution in [0.4, 0.5) is 0 Å². The minimum absolute atomic E-state index is 0.343. The van der Waals surface area contributed by atoms with Gasteiger partial charge in [0, 0.05) is 13.1 Å². The molecule has 2 heteroatoms. The van der Waals surface area contributed by atoms with Crippen LogP contribution in [0.1, 0.15) is 54.9 Å². The Balaban J connectivity index is 1.59. The number of benzene rings is 1. The number of nitrogens with zero attached hydrogens (tertiary/aromatic N) is 1. The molecule has 2 fully saturated rings. The van der Waals surface area contributed by atoms with Crippen molar-refractivity contribution >= 4 is 0 Å². The van der Waals surface area contributed by atoms with Crippen molar-refractivity contribution in [3.05, 3.63) is 34.9 Å². The largest absolute Gasteiger partial charge is 0.387 e. The Morgan fingerprint density at radius 3 is 2.62 bits per heavy atom. The van der Waals surface area contributed by atoms with Crippen LogP contribution in [-0.2, 0) is 0 Å². The highest BCUT2D eigenvalue weighted by atomic mass is 16.3. The van der Waals surface area contributed by atoms with E-state index in [2.05, 4.69) is 36.9 Å². The first-order valence-electron chi connectivity index (χ1n) is 8.61. The van der Waals surface area contributed by atoms with Gasteiger partial charge in [0.25, 0.3) is 0 Å². The molecule has 3 unspecified atom stereocenters. The maximum absolute atomic E-state index is 10.5. The molecule has 1 aliphatic heterocycles. The molecule has 0 radical (unpaired) electrons. The van der Waals surface area contributed by atoms with E-state index in [4.69, 9.17) is 0 Å². The highest BCUT2D eigenvalue weighted by molar-refractivity contribution is 5.31. The molecule has 1 saturated heterocycles. The molecule has 3 rings (SSSR count). The second-order valence-electron chi connectivity index (χ2n) is 7.21. The number of fused-ring (bicyclic) bond motifs is 1. The number of likely N-dealkylation sites (tertiary alicyclic amines) is 1. The number of piperidine rings is 1. The number of rotatable bonds is 3. The van der Waals surface area contributed by atoms with E-state index in [1.807, 2.05) is 0 Å². The van der Waals surface area contributed by atoms with Gasteiger partial charge < -0.3 is 10.0 Å². The summed E-state index contributed by atoms with van der Waals surface area (Å²) >= 11 is 0. The number of hydrogen-bond acceptors (Lipinski definition) is 2. The van der Waals surface area contributed by atoms with Gasteiger partial charge in [0.2, 0.25) is 0 Å². The summed E-state index contributed by atoms with van der Waals surface area (Å²) in [6.07, 6.45) is 6.69. The first-order chi connectivity index (χ1) is 10.1. The van der Waals surface area contributed by atoms with Gasteiger partial charge in [-0.25, -0.2) is 0 Å². The van der Waals surface area contributed by atoms with Gasteiger partial charge >= 0.3 is 0 Å². The van der Waals surface area contributed by atoms with Gasteiger partial charge in [-0.3, -0.25) is 0 Å². The molecule has 0 bridgehead atoms. The summed E-state index contributed by atoms with van der Waals surface area (Å²) in [5.74, 6) is 1.85. The average Bonchev–Trinajstić information content (AvgIpc) is 2.50. The topological polar surface area (TPSA) is 23.5 Å². The molecule has 1 heterocycles. The van der Waals surface area contributed by atoms with Gasteiger partial charge in [0.1, 0.15) is 0 Å². The summed E-state index contributed by atoms with van der Waals surface area (Å²) in [5.41, 5.74) is 3.65. The molecule has 2 aliphatic rings. The molecule has 0 spiro atoms. The minimum Gasteiger partial charge on any atom is -0.387 e. The van der Waals surface area contributed by atoms with E-state index in [0.29, 0.717) is 0 Å². The Labute approximate surface area is 129 Å². The second-order valence-corrected chi connectivity index (χ2v) is 7.21. The highest BCUT2D eigenvalue weighted by Crippen LogP contribution is 2.36. The number of aryl methyl sites for hydroxylation is 2. The molecule has 3 atom stereocenters. The van der Waals surface area contributed by atoms with E-state index >= 15 is 0 Å². The van der Waals surface area contributed by atoms with Crippen molar-refractivity contribution in [3.63, 3.8) is 0 Å². The van der Waals surface area contributed by atoms with Crippen LogP contribution < -0.4 is 0 Å². The van der Waals surface area contributed by atoms with Gasteiger partial charge in [0.15, 0.2) is 0 Å². The first kappa shape index (κ1) is 15.1. The van der Waals surface area contributed by atoms with Crippen LogP contribution in [0.3, 0.4) is 0 Å². The lowest BCUT2D eigenvalue weighted by molar-refractivity contribution is 0.0459. The third-order valence-electron chi connectivity index (χ3n) is 5.72. The Bertz CT molecular complexity index is 484. The van der Waals surface area contributed by atoms with Crippen molar-refractivity contribution in [3.8, 4) is 0 Å². The fraction of sp³-hybridized carbons (Fsp3) is 0.684. The van der Waals surface area contributed by atoms with Crippen molar-refractivity contribution in [2.24, 2.45) is 11.8 Å². The van der Waals surface area contributed by atoms with Gasteiger partial charge in [0.05, 0.1) is 6.10 Å². The molecule has 0 aromatic heterocycles. The van der Waals surface area contributed by atoms with Crippen LogP contribution in [-0.4, -0.2) is 29.6 Å². The predicted octanol–water partition coefficient (Wildman–Crippen LogP) is 3.85. The summed E-state index contributed by atoms with van der Waals surface area (Å²) < 4.78 is 0. The molecule has 116 valence electrons. The summed E-state index contributed by atoms with van der Waals surface area (Å²) in [6, 6.07) is 6.36. The smallest absolute Gasteiger partial charge is 0.0917 e. The van der Waals surface area contributed by atoms with Crippen LogP contribution in [0.15, 0.2) is 18.2 Å². The number of aliphatic hydroxyl groups excluding tert-OH is 1. The molecule has 1 aromatic carbocycles. The van der Waals surface area contributed by atoms with Gasteiger partial charge in [-0.05, 0) is 61.8 Å². The second kappa shape index (κ2) is 6.50. The van der Waals surface area contributed by atoms with E-state index < -0.39 is 0 Å². The summed E-state index contributed by atoms with van der Waals surface area (Å²) in [4.78, 5) is 2.49. The van der Waals surface area contributed by atoms with E-state index in [-0.39, 0.29) is 6.10 Å². The number of hydrogen-bond donors (Lipinski definition) is 1. The lowest BCUT2D eigenvalue weighted by atomic mass is 9.75. The molecule has 0 amide bonds. The maximum Gasteiger partial charge on any atom is 0.0917 e. The molecular formula is C19H29NO. The predicted molar refractivity (Wildman–Crippen MR) is 87.4 cm³/mol. The van der Waals surface area contributed by atoms with Crippen molar-refractivity contribution in [1.29, 1.82) is 0 Å². The molecule has 1 aromatic rings. The highest BCUT2D eigenvalue weighted by Gasteiger charge is 2.31. The standard InChI is InChI=1S/C19H29NO/c1-14-7-8-17(11-15(14)2)19(21)13-20-10-9-16-5-3-4-6-18(16)12-20/h7-8,11,16,18-19,21H,3-6,9-10,12-13H2,1-2H3. The average molecular weight is 287 g/mol. The SMILES string of the molecule is Cc1ccc(C(O)CN2CCC3CCCCC3C2)cc1C. The molecular weight excluding hydrogens is 258 g/mol. The Morgan fingerprint density at radius 2 is 1.86 bits per heavy atom. The zero-order valence-electron chi connectivity index (χ0n) is 13.5. The van der Waals surface area contributed by atoms with Gasteiger partial charge in [-0.1, -0.05) is 37.5 Å². The third kappa shape index (κ3) is 3.49. The quantitative estimate of drug-likeness (QED) is 0.913. The lowest BCUT2D eigenvalue weighted by Gasteiger charge is -2.41. The van der Waals surface area contributed by atoms with Crippen molar-refractivity contribution in [2.45, 2.75) is 52.1 Å². The van der Waals surface area contributed by atoms with E-state index in [1.54, 1.807) is 0 Å². The van der Waals surface area contributed by atoms with Crippen LogP contribution in [0.2, 0.25) is 0 Å². The van der Waals surface area contributed by atoms with Crippen LogP contribution in [0.5, 0.6) is 0 Å².